The van der Waals surface area contributed by atoms with Crippen molar-refractivity contribution in [2.45, 2.75) is 30.9 Å². The zero-order valence-electron chi connectivity index (χ0n) is 29.4. The van der Waals surface area contributed by atoms with Gasteiger partial charge in [0, 0.05) is 27.1 Å². The number of nitrogens with zero attached hydrogens (tertiary/aromatic N) is 3. The van der Waals surface area contributed by atoms with E-state index in [-0.39, 0.29) is 71.7 Å². The molecular weight excluding hydrogens is 831 g/mol. The van der Waals surface area contributed by atoms with Gasteiger partial charge in [0.15, 0.2) is 0 Å². The highest BCUT2D eigenvalue weighted by molar-refractivity contribution is 6.12. The average molecular weight is 850 g/mol. The van der Waals surface area contributed by atoms with E-state index in [1.54, 1.807) is 0 Å². The minimum atomic E-state index is -4.99. The van der Waals surface area contributed by atoms with E-state index < -0.39 is 58.7 Å². The molecule has 6 aromatic carbocycles. The Hall–Kier alpha value is -6.64. The quantitative estimate of drug-likeness (QED) is 0.163. The summed E-state index contributed by atoms with van der Waals surface area (Å²) in [5.74, 6) is 0. The zero-order valence-corrected chi connectivity index (χ0v) is 29.4. The van der Waals surface area contributed by atoms with Crippen LogP contribution in [0.2, 0.25) is 0 Å². The van der Waals surface area contributed by atoms with Crippen LogP contribution >= 0.6 is 0 Å². The molecule has 0 aliphatic carbocycles. The molecule has 0 radical (unpaired) electrons. The number of halogens is 15. The lowest BCUT2D eigenvalue weighted by molar-refractivity contribution is -0.138. The molecule has 0 bridgehead atoms. The first kappa shape index (κ1) is 40.2. The Morgan fingerprint density at radius 1 is 0.367 bits per heavy atom. The summed E-state index contributed by atoms with van der Waals surface area (Å²) in [6.45, 7) is 0. The molecule has 0 fully saturated rings. The van der Waals surface area contributed by atoms with Crippen molar-refractivity contribution in [2.24, 2.45) is 0 Å². The molecule has 0 amide bonds. The van der Waals surface area contributed by atoms with Crippen LogP contribution in [-0.2, 0) is 30.9 Å². The third-order valence-electron chi connectivity index (χ3n) is 10.1. The average Bonchev–Trinajstić information content (AvgIpc) is 3.67. The second-order valence-corrected chi connectivity index (χ2v) is 13.7. The van der Waals surface area contributed by atoms with Crippen molar-refractivity contribution in [1.29, 1.82) is 5.26 Å². The van der Waals surface area contributed by atoms with Crippen molar-refractivity contribution in [3.63, 3.8) is 0 Å². The lowest BCUT2D eigenvalue weighted by Crippen LogP contribution is -2.08. The second-order valence-electron chi connectivity index (χ2n) is 13.7. The van der Waals surface area contributed by atoms with Gasteiger partial charge < -0.3 is 9.13 Å². The third-order valence-corrected chi connectivity index (χ3v) is 10.1. The van der Waals surface area contributed by atoms with Gasteiger partial charge in [-0.25, -0.2) is 0 Å². The van der Waals surface area contributed by atoms with Gasteiger partial charge in [0.1, 0.15) is 0 Å². The van der Waals surface area contributed by atoms with E-state index in [1.807, 2.05) is 6.07 Å². The minimum absolute atomic E-state index is 0.186. The number of nitriles is 1. The predicted octanol–water partition coefficient (Wildman–Crippen LogP) is 14.5. The van der Waals surface area contributed by atoms with E-state index in [4.69, 9.17) is 0 Å². The molecule has 3 nitrogen and oxygen atoms in total. The minimum Gasteiger partial charge on any atom is -0.307 e. The summed E-state index contributed by atoms with van der Waals surface area (Å²) in [7, 11) is 0. The van der Waals surface area contributed by atoms with Crippen LogP contribution < -0.4 is 0 Å². The van der Waals surface area contributed by atoms with Gasteiger partial charge in [-0.15, -0.1) is 0 Å². The van der Waals surface area contributed by atoms with Gasteiger partial charge in [0.05, 0.1) is 72.9 Å². The number of benzene rings is 6. The molecule has 8 aromatic rings. The molecule has 8 rings (SSSR count). The Balaban J connectivity index is 1.58. The fourth-order valence-electron chi connectivity index (χ4n) is 7.40. The Morgan fingerprint density at radius 2 is 0.683 bits per heavy atom. The normalized spacial score (nSPS) is 13.2. The Bertz CT molecular complexity index is 2950. The molecule has 18 heteroatoms. The summed E-state index contributed by atoms with van der Waals surface area (Å²) in [5, 5.41) is 8.93. The summed E-state index contributed by atoms with van der Waals surface area (Å²) in [6, 6.07) is 16.3. The molecule has 0 N–H and O–H groups in total. The lowest BCUT2D eigenvalue weighted by atomic mass is 9.96. The van der Waals surface area contributed by atoms with Gasteiger partial charge >= 0.3 is 30.9 Å². The van der Waals surface area contributed by atoms with Gasteiger partial charge in [-0.1, -0.05) is 12.1 Å². The first-order valence-corrected chi connectivity index (χ1v) is 17.1. The summed E-state index contributed by atoms with van der Waals surface area (Å²) < 4.78 is 213. The number of hydrogen-bond acceptors (Lipinski definition) is 1. The first-order valence-electron chi connectivity index (χ1n) is 17.1. The fraction of sp³-hybridized carbons (Fsp3) is 0.119. The molecule has 2 aromatic heterocycles. The fourth-order valence-corrected chi connectivity index (χ4v) is 7.40. The first-order chi connectivity index (χ1) is 27.9. The van der Waals surface area contributed by atoms with Crippen molar-refractivity contribution in [3.8, 4) is 28.6 Å². The number of rotatable bonds is 3. The van der Waals surface area contributed by atoms with E-state index in [1.165, 1.54) is 6.07 Å². The van der Waals surface area contributed by atoms with E-state index in [9.17, 15) is 71.1 Å². The molecular formula is C42H18F15N3. The van der Waals surface area contributed by atoms with Crippen molar-refractivity contribution in [2.75, 3.05) is 0 Å². The van der Waals surface area contributed by atoms with Crippen molar-refractivity contribution >= 4 is 43.6 Å². The number of aromatic nitrogens is 2. The van der Waals surface area contributed by atoms with Crippen LogP contribution in [0.5, 0.6) is 0 Å². The molecule has 0 atom stereocenters. The van der Waals surface area contributed by atoms with Crippen molar-refractivity contribution in [1.82, 2.24) is 9.13 Å². The predicted molar refractivity (Wildman–Crippen MR) is 190 cm³/mol. The summed E-state index contributed by atoms with van der Waals surface area (Å²) >= 11 is 0. The molecule has 0 saturated carbocycles. The highest BCUT2D eigenvalue weighted by atomic mass is 19.4. The third kappa shape index (κ3) is 6.71. The van der Waals surface area contributed by atoms with Crippen LogP contribution in [0.1, 0.15) is 33.4 Å². The Labute approximate surface area is 325 Å². The molecule has 60 heavy (non-hydrogen) atoms. The van der Waals surface area contributed by atoms with E-state index in [0.717, 1.165) is 57.7 Å². The van der Waals surface area contributed by atoms with Gasteiger partial charge in [-0.05, 0) is 103 Å². The maximum Gasteiger partial charge on any atom is 0.416 e. The summed E-state index contributed by atoms with van der Waals surface area (Å²) in [6.07, 6.45) is -24.8. The van der Waals surface area contributed by atoms with Crippen LogP contribution in [0.4, 0.5) is 65.9 Å². The van der Waals surface area contributed by atoms with Crippen LogP contribution in [0, 0.1) is 11.3 Å². The number of fused-ring (bicyclic) bond motifs is 6. The van der Waals surface area contributed by atoms with Crippen LogP contribution in [0.25, 0.3) is 66.1 Å². The molecule has 306 valence electrons. The van der Waals surface area contributed by atoms with E-state index in [0.29, 0.717) is 54.6 Å². The lowest BCUT2D eigenvalue weighted by Gasteiger charge is -2.20. The van der Waals surface area contributed by atoms with Gasteiger partial charge in [-0.3, -0.25) is 0 Å². The topological polar surface area (TPSA) is 33.6 Å². The maximum atomic E-state index is 14.1. The molecule has 2 heterocycles. The highest BCUT2D eigenvalue weighted by Crippen LogP contribution is 2.46. The Kier molecular flexibility index (Phi) is 8.82. The largest absolute Gasteiger partial charge is 0.416 e. The van der Waals surface area contributed by atoms with Gasteiger partial charge in [0.25, 0.3) is 0 Å². The monoisotopic (exact) mass is 849 g/mol. The van der Waals surface area contributed by atoms with E-state index >= 15 is 0 Å². The Morgan fingerprint density at radius 3 is 1.00 bits per heavy atom. The number of hydrogen-bond donors (Lipinski definition) is 0. The van der Waals surface area contributed by atoms with Gasteiger partial charge in [-0.2, -0.15) is 71.1 Å². The van der Waals surface area contributed by atoms with Gasteiger partial charge in [0.2, 0.25) is 0 Å². The molecule has 0 unspecified atom stereocenters. The second kappa shape index (κ2) is 13.2. The SMILES string of the molecule is N#Cc1cc(-n2c3ccc(C(F)(F)F)cc3c3cc(C(F)(F)F)ccc32)c(-n2c3ccc(C(F)(F)F)cc3c3cc(C(F)(F)F)ccc32)cc1-c1cccc(C(F)(F)F)c1. The smallest absolute Gasteiger partial charge is 0.307 e. The molecule has 0 saturated heterocycles. The standard InChI is InChI=1S/C42H18F15N3/c43-38(44,45)22-3-1-2-20(12-22)27-18-37(60-34-10-6-25(41(52,53)54)16-30(34)31-17-26(42(55,56)57)7-11-35(31)60)36(13-21(27)19-58)59-32-8-4-23(39(46,47)48)14-28(32)29-15-24(40(49,50)51)5-9-33(29)59/h1-18H. The molecule has 0 aliphatic heterocycles. The molecule has 0 aliphatic rings. The van der Waals surface area contributed by atoms with E-state index in [2.05, 4.69) is 0 Å². The van der Waals surface area contributed by atoms with Crippen molar-refractivity contribution < 1.29 is 65.9 Å². The van der Waals surface area contributed by atoms with Crippen molar-refractivity contribution in [3.05, 3.63) is 143 Å². The van der Waals surface area contributed by atoms with Crippen LogP contribution in [-0.4, -0.2) is 9.13 Å². The maximum absolute atomic E-state index is 14.1. The number of alkyl halides is 15. The molecule has 0 spiro atoms. The zero-order chi connectivity index (χ0) is 43.5. The van der Waals surface area contributed by atoms with Crippen LogP contribution in [0.15, 0.2) is 109 Å². The highest BCUT2D eigenvalue weighted by Gasteiger charge is 2.36. The summed E-state index contributed by atoms with van der Waals surface area (Å²) in [4.78, 5) is 0. The van der Waals surface area contributed by atoms with Crippen LogP contribution in [0.3, 0.4) is 0 Å². The summed E-state index contributed by atoms with van der Waals surface area (Å²) in [5.41, 5.74) is -8.29.